The Morgan fingerprint density at radius 3 is 2.63 bits per heavy atom. The fourth-order valence-electron chi connectivity index (χ4n) is 5.57. The van der Waals surface area contributed by atoms with Crippen LogP contribution in [0.25, 0.3) is 23.1 Å². The van der Waals surface area contributed by atoms with Gasteiger partial charge < -0.3 is 5.32 Å². The summed E-state index contributed by atoms with van der Waals surface area (Å²) in [5.41, 5.74) is 7.28. The van der Waals surface area contributed by atoms with E-state index >= 15 is 0 Å². The lowest BCUT2D eigenvalue weighted by molar-refractivity contribution is -0.118. The molecule has 1 spiro atoms. The highest BCUT2D eigenvalue weighted by Gasteiger charge is 2.65. The number of hydrogen-bond acceptors (Lipinski definition) is 3. The maximum absolute atomic E-state index is 12.8. The molecule has 3 aromatic carbocycles. The Balaban J connectivity index is 1.20. The number of H-pyrrole nitrogens is 1. The van der Waals surface area contributed by atoms with Crippen LogP contribution in [0.4, 0.5) is 5.69 Å². The van der Waals surface area contributed by atoms with Crippen LogP contribution in [0.3, 0.4) is 0 Å². The summed E-state index contributed by atoms with van der Waals surface area (Å²) in [7, 11) is 0. The summed E-state index contributed by atoms with van der Waals surface area (Å²) in [5, 5.41) is 11.9. The van der Waals surface area contributed by atoms with Crippen LogP contribution in [0.15, 0.2) is 66.7 Å². The van der Waals surface area contributed by atoms with Gasteiger partial charge in [0.15, 0.2) is 0 Å². The van der Waals surface area contributed by atoms with E-state index in [1.54, 1.807) is 0 Å². The molecular weight excluding hydrogens is 432 g/mol. The van der Waals surface area contributed by atoms with E-state index < -0.39 is 5.41 Å². The van der Waals surface area contributed by atoms with Crippen LogP contribution >= 0.6 is 0 Å². The molecule has 176 valence electrons. The van der Waals surface area contributed by atoms with Crippen molar-refractivity contribution in [1.82, 2.24) is 15.1 Å². The highest BCUT2D eigenvalue weighted by atomic mass is 16.2. The van der Waals surface area contributed by atoms with Gasteiger partial charge in [-0.1, -0.05) is 74.5 Å². The van der Waals surface area contributed by atoms with Gasteiger partial charge in [-0.15, -0.1) is 0 Å². The van der Waals surface area contributed by atoms with Crippen molar-refractivity contribution in [3.05, 3.63) is 94.7 Å². The molecule has 1 amide bonds. The van der Waals surface area contributed by atoms with Crippen LogP contribution in [0.5, 0.6) is 0 Å². The van der Waals surface area contributed by atoms with E-state index in [1.807, 2.05) is 18.2 Å². The molecule has 2 unspecified atom stereocenters. The van der Waals surface area contributed by atoms with Crippen molar-refractivity contribution in [3.8, 4) is 0 Å². The third-order valence-electron chi connectivity index (χ3n) is 7.75. The van der Waals surface area contributed by atoms with Gasteiger partial charge in [0.2, 0.25) is 5.91 Å². The van der Waals surface area contributed by atoms with E-state index in [-0.39, 0.29) is 11.8 Å². The molecule has 6 rings (SSSR count). The predicted octanol–water partition coefficient (Wildman–Crippen LogP) is 5.95. The molecule has 2 aliphatic rings. The molecule has 2 heterocycles. The average Bonchev–Trinajstić information content (AvgIpc) is 3.43. The highest BCUT2D eigenvalue weighted by Crippen LogP contribution is 2.64. The monoisotopic (exact) mass is 462 g/mol. The Morgan fingerprint density at radius 1 is 1.03 bits per heavy atom. The molecule has 1 aliphatic carbocycles. The minimum atomic E-state index is -0.412. The number of hydrogen-bond donors (Lipinski definition) is 2. The van der Waals surface area contributed by atoms with Crippen molar-refractivity contribution >= 4 is 34.6 Å². The zero-order valence-electron chi connectivity index (χ0n) is 20.2. The number of aromatic nitrogens is 2. The molecule has 1 saturated carbocycles. The summed E-state index contributed by atoms with van der Waals surface area (Å²) in [6.45, 7) is 7.51. The normalized spacial score (nSPS) is 20.8. The van der Waals surface area contributed by atoms with E-state index in [1.165, 1.54) is 11.1 Å². The van der Waals surface area contributed by atoms with E-state index in [0.29, 0.717) is 0 Å². The van der Waals surface area contributed by atoms with Gasteiger partial charge in [0.05, 0.1) is 16.6 Å². The molecule has 35 heavy (non-hydrogen) atoms. The molecule has 1 aromatic heterocycles. The number of nitrogens with zero attached hydrogens (tertiary/aromatic N) is 2. The van der Waals surface area contributed by atoms with Gasteiger partial charge in [-0.25, -0.2) is 0 Å². The van der Waals surface area contributed by atoms with E-state index in [0.717, 1.165) is 59.5 Å². The Hall–Kier alpha value is -3.70. The van der Waals surface area contributed by atoms with Crippen molar-refractivity contribution in [3.63, 3.8) is 0 Å². The second-order valence-electron chi connectivity index (χ2n) is 9.68. The molecule has 0 saturated heterocycles. The molecule has 2 atom stereocenters. The summed E-state index contributed by atoms with van der Waals surface area (Å²) >= 11 is 0. The Kier molecular flexibility index (Phi) is 5.30. The smallest absolute Gasteiger partial charge is 0.235 e. The number of rotatable bonds is 7. The first kappa shape index (κ1) is 21.8. The van der Waals surface area contributed by atoms with Crippen LogP contribution in [-0.4, -0.2) is 34.1 Å². The molecule has 0 bridgehead atoms. The van der Waals surface area contributed by atoms with Crippen molar-refractivity contribution in [2.45, 2.75) is 38.1 Å². The number of carbonyl (C=O) groups excluding carboxylic acids is 1. The van der Waals surface area contributed by atoms with Crippen LogP contribution in [0.1, 0.15) is 54.1 Å². The first-order valence-electron chi connectivity index (χ1n) is 12.5. The third kappa shape index (κ3) is 3.67. The number of anilines is 1. The molecule has 5 nitrogen and oxygen atoms in total. The number of para-hydroxylation sites is 1. The molecule has 0 radical (unpaired) electrons. The molecule has 5 heteroatoms. The zero-order valence-corrected chi connectivity index (χ0v) is 20.2. The summed E-state index contributed by atoms with van der Waals surface area (Å²) in [6, 6.07) is 23.3. The highest BCUT2D eigenvalue weighted by molar-refractivity contribution is 6.09. The average molecular weight is 463 g/mol. The number of fused-ring (bicyclic) bond motifs is 3. The summed E-state index contributed by atoms with van der Waals surface area (Å²) in [5.74, 6) is 0.327. The largest absolute Gasteiger partial charge is 0.325 e. The van der Waals surface area contributed by atoms with Gasteiger partial charge in [-0.2, -0.15) is 5.10 Å². The quantitative estimate of drug-likeness (QED) is 0.357. The molecule has 1 aliphatic heterocycles. The minimum Gasteiger partial charge on any atom is -0.325 e. The second kappa shape index (κ2) is 8.51. The van der Waals surface area contributed by atoms with Crippen molar-refractivity contribution < 1.29 is 4.79 Å². The molecular formula is C30H30N4O. The van der Waals surface area contributed by atoms with Gasteiger partial charge in [0.25, 0.3) is 0 Å². The van der Waals surface area contributed by atoms with E-state index in [9.17, 15) is 4.79 Å². The lowest BCUT2D eigenvalue weighted by Gasteiger charge is -2.17. The number of amides is 1. The van der Waals surface area contributed by atoms with Gasteiger partial charge in [0, 0.05) is 23.5 Å². The Labute approximate surface area is 205 Å². The number of nitrogens with one attached hydrogen (secondary N) is 2. The summed E-state index contributed by atoms with van der Waals surface area (Å²) in [6.07, 6.45) is 5.03. The number of carbonyl (C=O) groups is 1. The topological polar surface area (TPSA) is 61.0 Å². The molecule has 2 N–H and O–H groups in total. The second-order valence-corrected chi connectivity index (χ2v) is 9.68. The summed E-state index contributed by atoms with van der Waals surface area (Å²) in [4.78, 5) is 15.3. The van der Waals surface area contributed by atoms with Crippen LogP contribution in [0, 0.1) is 0 Å². The lowest BCUT2D eigenvalue weighted by atomic mass is 9.92. The molecule has 4 aromatic rings. The van der Waals surface area contributed by atoms with Gasteiger partial charge in [-0.05, 0) is 60.0 Å². The van der Waals surface area contributed by atoms with Crippen LogP contribution < -0.4 is 5.32 Å². The third-order valence-corrected chi connectivity index (χ3v) is 7.75. The van der Waals surface area contributed by atoms with Crippen molar-refractivity contribution in [2.24, 2.45) is 0 Å². The standard InChI is InChI=1S/C30H30N4O/c1-3-34(4-2)19-21-11-9-20(10-12-21)13-16-26-23-15-14-22(17-28(23)33-32-26)25-18-30(25)24-7-5-6-8-27(24)31-29(30)35/h5-17,25H,3-4,18-19H2,1-2H3,(H,31,35)(H,32,33)/b16-13+. The van der Waals surface area contributed by atoms with Gasteiger partial charge in [0.1, 0.15) is 0 Å². The number of aromatic amines is 1. The van der Waals surface area contributed by atoms with Crippen molar-refractivity contribution in [1.29, 1.82) is 0 Å². The van der Waals surface area contributed by atoms with E-state index in [4.69, 9.17) is 0 Å². The summed E-state index contributed by atoms with van der Waals surface area (Å²) < 4.78 is 0. The minimum absolute atomic E-state index is 0.125. The SMILES string of the molecule is CCN(CC)Cc1ccc(/C=C/c2n[nH]c3cc(C4CC45C(=O)Nc4ccccc45)ccc23)cc1. The fourth-order valence-corrected chi connectivity index (χ4v) is 5.57. The maximum Gasteiger partial charge on any atom is 0.235 e. The first-order chi connectivity index (χ1) is 17.1. The number of benzene rings is 3. The lowest BCUT2D eigenvalue weighted by Crippen LogP contribution is -2.21. The predicted molar refractivity (Wildman–Crippen MR) is 142 cm³/mol. The van der Waals surface area contributed by atoms with E-state index in [2.05, 4.69) is 94.9 Å². The fraction of sp³-hybridized carbons (Fsp3) is 0.267. The van der Waals surface area contributed by atoms with Gasteiger partial charge >= 0.3 is 0 Å². The van der Waals surface area contributed by atoms with Crippen molar-refractivity contribution in [2.75, 3.05) is 18.4 Å². The maximum atomic E-state index is 12.8. The van der Waals surface area contributed by atoms with Crippen LogP contribution in [0.2, 0.25) is 0 Å². The van der Waals surface area contributed by atoms with Gasteiger partial charge in [-0.3, -0.25) is 14.8 Å². The zero-order chi connectivity index (χ0) is 24.0. The molecule has 1 fully saturated rings. The Bertz CT molecular complexity index is 1430. The van der Waals surface area contributed by atoms with Crippen LogP contribution in [-0.2, 0) is 16.8 Å². The Morgan fingerprint density at radius 2 is 1.83 bits per heavy atom. The first-order valence-corrected chi connectivity index (χ1v) is 12.5.